The summed E-state index contributed by atoms with van der Waals surface area (Å²) in [4.78, 5) is 14.4. The second kappa shape index (κ2) is 6.20. The highest BCUT2D eigenvalue weighted by molar-refractivity contribution is 5.99. The molecule has 1 heterocycles. The quantitative estimate of drug-likeness (QED) is 0.944. The van der Waals surface area contributed by atoms with Gasteiger partial charge in [-0.3, -0.25) is 4.79 Å². The van der Waals surface area contributed by atoms with Gasteiger partial charge in [0.1, 0.15) is 5.75 Å². The first-order chi connectivity index (χ1) is 10.7. The lowest BCUT2D eigenvalue weighted by Gasteiger charge is -2.34. The molecule has 2 aromatic rings. The maximum atomic E-state index is 12.6. The number of aliphatic hydroxyl groups is 1. The highest BCUT2D eigenvalue weighted by Gasteiger charge is 2.33. The average Bonchev–Trinajstić information content (AvgIpc) is 2.53. The number of hydrogen-bond acceptors (Lipinski definition) is 3. The summed E-state index contributed by atoms with van der Waals surface area (Å²) >= 11 is 0. The summed E-state index contributed by atoms with van der Waals surface area (Å²) in [6.45, 7) is 2.47. The standard InChI is InChI=1S/C18H19NO3/c1-13-6-8-14(9-7-13)12-19-15-4-2-3-5-16(15)22-17(10-11-20)18(19)21/h2-9,17,20H,10-12H2,1H3. The monoisotopic (exact) mass is 297 g/mol. The lowest BCUT2D eigenvalue weighted by molar-refractivity contribution is -0.127. The number of rotatable bonds is 4. The topological polar surface area (TPSA) is 49.8 Å². The van der Waals surface area contributed by atoms with Crippen LogP contribution in [0.3, 0.4) is 0 Å². The molecule has 1 unspecified atom stereocenters. The predicted molar refractivity (Wildman–Crippen MR) is 84.9 cm³/mol. The van der Waals surface area contributed by atoms with E-state index in [9.17, 15) is 4.79 Å². The Morgan fingerprint density at radius 2 is 1.86 bits per heavy atom. The maximum absolute atomic E-state index is 12.6. The molecule has 0 bridgehead atoms. The Hall–Kier alpha value is -2.33. The van der Waals surface area contributed by atoms with Crippen LogP contribution in [-0.4, -0.2) is 23.7 Å². The molecule has 4 nitrogen and oxygen atoms in total. The summed E-state index contributed by atoms with van der Waals surface area (Å²) in [7, 11) is 0. The Kier molecular flexibility index (Phi) is 4.11. The Morgan fingerprint density at radius 3 is 2.59 bits per heavy atom. The van der Waals surface area contributed by atoms with E-state index in [0.717, 1.165) is 11.3 Å². The molecule has 1 N–H and O–H groups in total. The highest BCUT2D eigenvalue weighted by atomic mass is 16.5. The molecule has 0 spiro atoms. The normalized spacial score (nSPS) is 17.1. The van der Waals surface area contributed by atoms with Crippen molar-refractivity contribution in [3.8, 4) is 5.75 Å². The predicted octanol–water partition coefficient (Wildman–Crippen LogP) is 2.67. The smallest absolute Gasteiger partial charge is 0.268 e. The highest BCUT2D eigenvalue weighted by Crippen LogP contribution is 2.35. The van der Waals surface area contributed by atoms with Gasteiger partial charge in [-0.25, -0.2) is 0 Å². The Labute approximate surface area is 130 Å². The van der Waals surface area contributed by atoms with Crippen LogP contribution in [0.5, 0.6) is 5.75 Å². The molecular formula is C18H19NO3. The molecule has 1 amide bonds. The molecule has 0 saturated carbocycles. The van der Waals surface area contributed by atoms with Gasteiger partial charge in [0.15, 0.2) is 6.10 Å². The van der Waals surface area contributed by atoms with E-state index in [1.807, 2.05) is 55.5 Å². The first-order valence-corrected chi connectivity index (χ1v) is 7.42. The molecule has 0 aliphatic carbocycles. The fourth-order valence-electron chi connectivity index (χ4n) is 2.61. The molecule has 1 atom stereocenters. The van der Waals surface area contributed by atoms with Crippen LogP contribution in [0.2, 0.25) is 0 Å². The van der Waals surface area contributed by atoms with Gasteiger partial charge in [-0.2, -0.15) is 0 Å². The van der Waals surface area contributed by atoms with Crippen molar-refractivity contribution in [3.63, 3.8) is 0 Å². The van der Waals surface area contributed by atoms with Crippen LogP contribution in [0.1, 0.15) is 17.5 Å². The summed E-state index contributed by atoms with van der Waals surface area (Å²) < 4.78 is 5.72. The number of amides is 1. The van der Waals surface area contributed by atoms with Gasteiger partial charge in [-0.15, -0.1) is 0 Å². The molecule has 4 heteroatoms. The van der Waals surface area contributed by atoms with Gasteiger partial charge < -0.3 is 14.7 Å². The number of fused-ring (bicyclic) bond motifs is 1. The molecule has 1 aliphatic rings. The summed E-state index contributed by atoms with van der Waals surface area (Å²) in [6.07, 6.45) is -0.317. The average molecular weight is 297 g/mol. The minimum atomic E-state index is -0.620. The van der Waals surface area contributed by atoms with E-state index in [4.69, 9.17) is 9.84 Å². The van der Waals surface area contributed by atoms with Gasteiger partial charge in [-0.05, 0) is 24.6 Å². The van der Waals surface area contributed by atoms with E-state index in [2.05, 4.69) is 0 Å². The lowest BCUT2D eigenvalue weighted by Crippen LogP contribution is -2.45. The van der Waals surface area contributed by atoms with Gasteiger partial charge in [0.25, 0.3) is 5.91 Å². The van der Waals surface area contributed by atoms with Crippen molar-refractivity contribution >= 4 is 11.6 Å². The minimum Gasteiger partial charge on any atom is -0.478 e. The van der Waals surface area contributed by atoms with Crippen molar-refractivity contribution in [2.24, 2.45) is 0 Å². The number of carbonyl (C=O) groups is 1. The molecule has 1 aliphatic heterocycles. The number of carbonyl (C=O) groups excluding carboxylic acids is 1. The lowest BCUT2D eigenvalue weighted by atomic mass is 10.1. The first kappa shape index (κ1) is 14.6. The van der Waals surface area contributed by atoms with Crippen LogP contribution in [0, 0.1) is 6.92 Å². The zero-order valence-corrected chi connectivity index (χ0v) is 12.5. The summed E-state index contributed by atoms with van der Waals surface area (Å²) in [6, 6.07) is 15.7. The third-order valence-electron chi connectivity index (χ3n) is 3.82. The van der Waals surface area contributed by atoms with E-state index in [1.165, 1.54) is 5.56 Å². The number of benzene rings is 2. The fraction of sp³-hybridized carbons (Fsp3) is 0.278. The third kappa shape index (κ3) is 2.83. The molecule has 114 valence electrons. The molecule has 3 rings (SSSR count). The zero-order chi connectivity index (χ0) is 15.5. The van der Waals surface area contributed by atoms with Crippen molar-refractivity contribution in [3.05, 3.63) is 59.7 Å². The molecule has 2 aromatic carbocycles. The van der Waals surface area contributed by atoms with Crippen molar-refractivity contribution in [2.45, 2.75) is 26.0 Å². The van der Waals surface area contributed by atoms with Gasteiger partial charge in [0, 0.05) is 13.0 Å². The fourth-order valence-corrected chi connectivity index (χ4v) is 2.61. The Morgan fingerprint density at radius 1 is 1.14 bits per heavy atom. The second-order valence-corrected chi connectivity index (χ2v) is 5.50. The summed E-state index contributed by atoms with van der Waals surface area (Å²) in [5, 5.41) is 9.14. The zero-order valence-electron chi connectivity index (χ0n) is 12.5. The molecule has 22 heavy (non-hydrogen) atoms. The Balaban J connectivity index is 1.92. The first-order valence-electron chi connectivity index (χ1n) is 7.42. The molecular weight excluding hydrogens is 278 g/mol. The van der Waals surface area contributed by atoms with E-state index in [-0.39, 0.29) is 12.5 Å². The molecule has 0 aromatic heterocycles. The molecule has 0 saturated heterocycles. The van der Waals surface area contributed by atoms with Gasteiger partial charge in [-0.1, -0.05) is 42.0 Å². The van der Waals surface area contributed by atoms with E-state index >= 15 is 0 Å². The number of ether oxygens (including phenoxy) is 1. The number of aliphatic hydroxyl groups excluding tert-OH is 1. The van der Waals surface area contributed by atoms with E-state index < -0.39 is 6.10 Å². The van der Waals surface area contributed by atoms with Crippen molar-refractivity contribution in [1.82, 2.24) is 0 Å². The third-order valence-corrected chi connectivity index (χ3v) is 3.82. The molecule has 0 fully saturated rings. The van der Waals surface area contributed by atoms with Crippen molar-refractivity contribution < 1.29 is 14.6 Å². The van der Waals surface area contributed by atoms with Gasteiger partial charge in [0.2, 0.25) is 0 Å². The maximum Gasteiger partial charge on any atom is 0.268 e. The number of anilines is 1. The SMILES string of the molecule is Cc1ccc(CN2C(=O)C(CCO)Oc3ccccc32)cc1. The van der Waals surface area contributed by atoms with Gasteiger partial charge in [0.05, 0.1) is 12.2 Å². The van der Waals surface area contributed by atoms with Crippen molar-refractivity contribution in [2.75, 3.05) is 11.5 Å². The van der Waals surface area contributed by atoms with Crippen LogP contribution >= 0.6 is 0 Å². The van der Waals surface area contributed by atoms with Crippen LogP contribution in [0.4, 0.5) is 5.69 Å². The van der Waals surface area contributed by atoms with Crippen LogP contribution < -0.4 is 9.64 Å². The number of aryl methyl sites for hydroxylation is 1. The Bertz CT molecular complexity index is 666. The van der Waals surface area contributed by atoms with Crippen LogP contribution in [-0.2, 0) is 11.3 Å². The largest absolute Gasteiger partial charge is 0.478 e. The molecule has 0 radical (unpaired) electrons. The number of para-hydroxylation sites is 2. The van der Waals surface area contributed by atoms with E-state index in [1.54, 1.807) is 4.90 Å². The van der Waals surface area contributed by atoms with Crippen LogP contribution in [0.25, 0.3) is 0 Å². The number of hydrogen-bond donors (Lipinski definition) is 1. The minimum absolute atomic E-state index is 0.0725. The van der Waals surface area contributed by atoms with Crippen molar-refractivity contribution in [1.29, 1.82) is 0 Å². The van der Waals surface area contributed by atoms with Gasteiger partial charge >= 0.3 is 0 Å². The summed E-state index contributed by atoms with van der Waals surface area (Å²) in [5.41, 5.74) is 3.04. The summed E-state index contributed by atoms with van der Waals surface area (Å²) in [5.74, 6) is 0.584. The second-order valence-electron chi connectivity index (χ2n) is 5.50. The van der Waals surface area contributed by atoms with Crippen LogP contribution in [0.15, 0.2) is 48.5 Å². The number of nitrogens with zero attached hydrogens (tertiary/aromatic N) is 1. The van der Waals surface area contributed by atoms with E-state index in [0.29, 0.717) is 18.7 Å².